The van der Waals surface area contributed by atoms with Crippen LogP contribution in [-0.4, -0.2) is 50.0 Å². The van der Waals surface area contributed by atoms with Crippen molar-refractivity contribution in [1.82, 2.24) is 10.2 Å². The van der Waals surface area contributed by atoms with Crippen molar-refractivity contribution in [2.45, 2.75) is 52.7 Å². The second-order valence-electron chi connectivity index (χ2n) is 8.31. The Hall–Kier alpha value is -2.29. The summed E-state index contributed by atoms with van der Waals surface area (Å²) in [5, 5.41) is 3.33. The number of carbonyl (C=O) groups excluding carboxylic acids is 2. The third-order valence-electron chi connectivity index (χ3n) is 5.63. The molecule has 186 valence electrons. The van der Waals surface area contributed by atoms with Crippen LogP contribution in [-0.2, 0) is 26.2 Å². The number of nitrogens with one attached hydrogen (secondary N) is 1. The molecule has 0 unspecified atom stereocenters. The van der Waals surface area contributed by atoms with Crippen molar-refractivity contribution in [1.29, 1.82) is 0 Å². The van der Waals surface area contributed by atoms with Crippen molar-refractivity contribution >= 4 is 50.7 Å². The third-order valence-corrected chi connectivity index (χ3v) is 7.29. The number of aryl methyl sites for hydroxylation is 1. The van der Waals surface area contributed by atoms with E-state index in [9.17, 15) is 18.0 Å². The summed E-state index contributed by atoms with van der Waals surface area (Å²) >= 11 is 12.2. The van der Waals surface area contributed by atoms with Gasteiger partial charge in [0.05, 0.1) is 17.0 Å². The van der Waals surface area contributed by atoms with Gasteiger partial charge in [-0.05, 0) is 56.5 Å². The number of amides is 2. The van der Waals surface area contributed by atoms with Gasteiger partial charge >= 0.3 is 0 Å². The molecule has 0 aliphatic rings. The average Bonchev–Trinajstić information content (AvgIpc) is 2.76. The molecular weight excluding hydrogens is 497 g/mol. The largest absolute Gasteiger partial charge is 0.352 e. The van der Waals surface area contributed by atoms with E-state index in [1.165, 1.54) is 23.1 Å². The summed E-state index contributed by atoms with van der Waals surface area (Å²) in [5.74, 6) is -0.849. The van der Waals surface area contributed by atoms with E-state index < -0.39 is 28.5 Å². The van der Waals surface area contributed by atoms with E-state index in [2.05, 4.69) is 5.32 Å². The molecule has 0 spiro atoms. The Balaban J connectivity index is 2.43. The van der Waals surface area contributed by atoms with E-state index in [-0.39, 0.29) is 29.2 Å². The summed E-state index contributed by atoms with van der Waals surface area (Å²) in [7, 11) is -3.87. The van der Waals surface area contributed by atoms with Crippen molar-refractivity contribution in [2.24, 2.45) is 0 Å². The predicted octanol–water partition coefficient (Wildman–Crippen LogP) is 4.40. The number of halogens is 2. The van der Waals surface area contributed by atoms with Gasteiger partial charge in [0.1, 0.15) is 12.6 Å². The second-order valence-corrected chi connectivity index (χ2v) is 11.1. The zero-order chi connectivity index (χ0) is 25.6. The average molecular weight is 529 g/mol. The summed E-state index contributed by atoms with van der Waals surface area (Å²) < 4.78 is 26.2. The number of carbonyl (C=O) groups is 2. The first-order chi connectivity index (χ1) is 15.8. The van der Waals surface area contributed by atoms with Crippen LogP contribution >= 0.6 is 23.2 Å². The predicted molar refractivity (Wildman–Crippen MR) is 138 cm³/mol. The van der Waals surface area contributed by atoms with Crippen LogP contribution in [0.4, 0.5) is 5.69 Å². The van der Waals surface area contributed by atoms with Gasteiger partial charge < -0.3 is 10.2 Å². The molecular formula is C24H31Cl2N3O4S. The monoisotopic (exact) mass is 527 g/mol. The van der Waals surface area contributed by atoms with Crippen LogP contribution < -0.4 is 9.62 Å². The lowest BCUT2D eigenvalue weighted by Crippen LogP contribution is -2.52. The number of benzene rings is 2. The maximum atomic E-state index is 13.5. The summed E-state index contributed by atoms with van der Waals surface area (Å²) in [5.41, 5.74) is 1.94. The van der Waals surface area contributed by atoms with Crippen molar-refractivity contribution in [2.75, 3.05) is 17.1 Å². The molecule has 10 heteroatoms. The van der Waals surface area contributed by atoms with Crippen LogP contribution in [0.1, 0.15) is 38.3 Å². The van der Waals surface area contributed by atoms with Crippen molar-refractivity contribution in [3.05, 3.63) is 63.6 Å². The highest BCUT2D eigenvalue weighted by molar-refractivity contribution is 7.92. The number of nitrogens with zero attached hydrogens (tertiary/aromatic N) is 2. The topological polar surface area (TPSA) is 86.8 Å². The van der Waals surface area contributed by atoms with Crippen LogP contribution in [0.2, 0.25) is 10.0 Å². The number of hydrogen-bond donors (Lipinski definition) is 1. The highest BCUT2D eigenvalue weighted by Gasteiger charge is 2.31. The van der Waals surface area contributed by atoms with Gasteiger partial charge in [-0.1, -0.05) is 54.4 Å². The van der Waals surface area contributed by atoms with E-state index >= 15 is 0 Å². The van der Waals surface area contributed by atoms with Gasteiger partial charge in [-0.25, -0.2) is 8.42 Å². The Labute approximate surface area is 212 Å². The molecule has 2 atom stereocenters. The van der Waals surface area contributed by atoms with Crippen molar-refractivity contribution in [3.8, 4) is 0 Å². The summed E-state index contributed by atoms with van der Waals surface area (Å²) in [4.78, 5) is 27.8. The van der Waals surface area contributed by atoms with Crippen LogP contribution in [0.5, 0.6) is 0 Å². The Morgan fingerprint density at radius 3 is 2.29 bits per heavy atom. The van der Waals surface area contributed by atoms with Crippen molar-refractivity contribution < 1.29 is 18.0 Å². The molecule has 0 fully saturated rings. The molecule has 2 rings (SSSR count). The van der Waals surface area contributed by atoms with Crippen molar-refractivity contribution in [3.63, 3.8) is 0 Å². The van der Waals surface area contributed by atoms with E-state index in [4.69, 9.17) is 23.2 Å². The smallest absolute Gasteiger partial charge is 0.244 e. The van der Waals surface area contributed by atoms with Gasteiger partial charge in [0, 0.05) is 17.6 Å². The van der Waals surface area contributed by atoms with E-state index in [0.717, 1.165) is 28.1 Å². The minimum absolute atomic E-state index is 0.0641. The third kappa shape index (κ3) is 7.35. The maximum absolute atomic E-state index is 13.5. The highest BCUT2D eigenvalue weighted by Crippen LogP contribution is 2.30. The highest BCUT2D eigenvalue weighted by atomic mass is 35.5. The Morgan fingerprint density at radius 2 is 1.74 bits per heavy atom. The lowest BCUT2D eigenvalue weighted by molar-refractivity contribution is -0.139. The molecule has 0 aliphatic carbocycles. The van der Waals surface area contributed by atoms with Gasteiger partial charge in [-0.3, -0.25) is 13.9 Å². The normalized spacial score (nSPS) is 13.1. The standard InChI is InChI=1S/C24H31Cl2N3O4S/c1-6-17(3)27-24(31)18(4)28(14-19-10-8-7-9-16(19)2)23(30)15-29(34(5,32)33)22-12-11-20(25)13-21(22)26/h7-13,17-18H,6,14-15H2,1-5H3,(H,27,31)/t17-,18+/m0/s1. The molecule has 2 aromatic carbocycles. The molecule has 2 amide bonds. The molecule has 0 saturated heterocycles. The lowest BCUT2D eigenvalue weighted by atomic mass is 10.1. The fourth-order valence-electron chi connectivity index (χ4n) is 3.30. The molecule has 0 aliphatic heterocycles. The number of rotatable bonds is 10. The van der Waals surface area contributed by atoms with Gasteiger partial charge in [0.15, 0.2) is 0 Å². The SMILES string of the molecule is CC[C@H](C)NC(=O)[C@@H](C)N(Cc1ccccc1C)C(=O)CN(c1ccc(Cl)cc1Cl)S(C)(=O)=O. The van der Waals surface area contributed by atoms with Crippen LogP contribution in [0.3, 0.4) is 0 Å². The zero-order valence-electron chi connectivity index (χ0n) is 20.0. The molecule has 1 N–H and O–H groups in total. The lowest BCUT2D eigenvalue weighted by Gasteiger charge is -2.32. The maximum Gasteiger partial charge on any atom is 0.244 e. The molecule has 0 radical (unpaired) electrons. The summed E-state index contributed by atoms with van der Waals surface area (Å²) in [6.45, 7) is 7.00. The minimum Gasteiger partial charge on any atom is -0.352 e. The Kier molecular flexibility index (Phi) is 9.79. The first-order valence-corrected chi connectivity index (χ1v) is 13.5. The number of hydrogen-bond acceptors (Lipinski definition) is 4. The van der Waals surface area contributed by atoms with Gasteiger partial charge in [-0.2, -0.15) is 0 Å². The second kappa shape index (κ2) is 11.9. The molecule has 0 bridgehead atoms. The first kappa shape index (κ1) is 28.0. The quantitative estimate of drug-likeness (QED) is 0.495. The van der Waals surface area contributed by atoms with Gasteiger partial charge in [0.2, 0.25) is 21.8 Å². The molecule has 0 aromatic heterocycles. The first-order valence-electron chi connectivity index (χ1n) is 10.9. The summed E-state index contributed by atoms with van der Waals surface area (Å²) in [6.07, 6.45) is 1.73. The molecule has 34 heavy (non-hydrogen) atoms. The Morgan fingerprint density at radius 1 is 1.09 bits per heavy atom. The molecule has 7 nitrogen and oxygen atoms in total. The number of anilines is 1. The number of sulfonamides is 1. The Bertz CT molecular complexity index is 1140. The van der Waals surface area contributed by atoms with Gasteiger partial charge in [-0.15, -0.1) is 0 Å². The molecule has 0 heterocycles. The molecule has 0 saturated carbocycles. The zero-order valence-corrected chi connectivity index (χ0v) is 22.3. The minimum atomic E-state index is -3.87. The van der Waals surface area contributed by atoms with Crippen LogP contribution in [0.15, 0.2) is 42.5 Å². The van der Waals surface area contributed by atoms with Crippen LogP contribution in [0.25, 0.3) is 0 Å². The van der Waals surface area contributed by atoms with E-state index in [1.54, 1.807) is 6.92 Å². The van der Waals surface area contributed by atoms with Gasteiger partial charge in [0.25, 0.3) is 0 Å². The van der Waals surface area contributed by atoms with E-state index in [0.29, 0.717) is 5.02 Å². The van der Waals surface area contributed by atoms with E-state index in [1.807, 2.05) is 45.0 Å². The fraction of sp³-hybridized carbons (Fsp3) is 0.417. The fourth-order valence-corrected chi connectivity index (χ4v) is 4.72. The summed E-state index contributed by atoms with van der Waals surface area (Å²) in [6, 6.07) is 11.0. The molecule has 2 aromatic rings. The van der Waals surface area contributed by atoms with Crippen LogP contribution in [0, 0.1) is 6.92 Å².